The van der Waals surface area contributed by atoms with Gasteiger partial charge in [-0.3, -0.25) is 9.30 Å². The maximum atomic E-state index is 13.8. The molecule has 25 heavy (non-hydrogen) atoms. The molecule has 1 aliphatic heterocycles. The quantitative estimate of drug-likeness (QED) is 0.751. The second-order valence-electron chi connectivity index (χ2n) is 6.14. The van der Waals surface area contributed by atoms with Crippen LogP contribution in [0.4, 0.5) is 4.39 Å². The van der Waals surface area contributed by atoms with Crippen LogP contribution in [0, 0.1) is 5.82 Å². The van der Waals surface area contributed by atoms with Crippen LogP contribution in [-0.4, -0.2) is 40.5 Å². The number of nitrogens with zero attached hydrogens (tertiary/aromatic N) is 3. The van der Waals surface area contributed by atoms with Crippen LogP contribution in [0.15, 0.2) is 36.5 Å². The van der Waals surface area contributed by atoms with E-state index in [0.717, 1.165) is 43.1 Å². The largest absolute Gasteiger partial charge is 0.314 e. The monoisotopic (exact) mass is 378 g/mol. The Morgan fingerprint density at radius 1 is 1.08 bits per heavy atom. The summed E-state index contributed by atoms with van der Waals surface area (Å²) in [5.41, 5.74) is 3.36. The summed E-state index contributed by atoms with van der Waals surface area (Å²) in [7, 11) is 0. The van der Waals surface area contributed by atoms with Gasteiger partial charge in [0.05, 0.1) is 21.4 Å². The van der Waals surface area contributed by atoms with Crippen molar-refractivity contribution in [3.8, 4) is 11.3 Å². The number of aromatic nitrogens is 2. The molecule has 1 aromatic carbocycles. The SMILES string of the molecule is Fc1ccc2nc(-c3ccc(Cl)c(Cl)c3)c(CN3CCNCC3)n2c1. The van der Waals surface area contributed by atoms with E-state index in [4.69, 9.17) is 28.2 Å². The van der Waals surface area contributed by atoms with Gasteiger partial charge in [-0.05, 0) is 24.3 Å². The molecule has 0 aliphatic carbocycles. The molecule has 4 rings (SSSR count). The highest BCUT2D eigenvalue weighted by Gasteiger charge is 2.19. The van der Waals surface area contributed by atoms with E-state index < -0.39 is 0 Å². The summed E-state index contributed by atoms with van der Waals surface area (Å²) in [6, 6.07) is 8.59. The predicted octanol–water partition coefficient (Wildman–Crippen LogP) is 3.85. The summed E-state index contributed by atoms with van der Waals surface area (Å²) in [5.74, 6) is -0.285. The number of piperazine rings is 1. The molecule has 4 nitrogen and oxygen atoms in total. The number of nitrogens with one attached hydrogen (secondary N) is 1. The Balaban J connectivity index is 1.83. The molecule has 1 N–H and O–H groups in total. The van der Waals surface area contributed by atoms with E-state index in [0.29, 0.717) is 22.2 Å². The Morgan fingerprint density at radius 3 is 2.64 bits per heavy atom. The molecular weight excluding hydrogens is 362 g/mol. The molecule has 0 spiro atoms. The van der Waals surface area contributed by atoms with Gasteiger partial charge in [-0.25, -0.2) is 9.37 Å². The lowest BCUT2D eigenvalue weighted by molar-refractivity contribution is 0.230. The Morgan fingerprint density at radius 2 is 1.88 bits per heavy atom. The zero-order chi connectivity index (χ0) is 17.4. The summed E-state index contributed by atoms with van der Waals surface area (Å²) in [6.45, 7) is 4.50. The number of halogens is 3. The summed E-state index contributed by atoms with van der Waals surface area (Å²) in [5, 5.41) is 4.33. The van der Waals surface area contributed by atoms with Crippen LogP contribution in [0.25, 0.3) is 16.9 Å². The molecule has 0 atom stereocenters. The first-order valence-corrected chi connectivity index (χ1v) is 8.92. The molecule has 7 heteroatoms. The van der Waals surface area contributed by atoms with E-state index in [1.165, 1.54) is 12.3 Å². The van der Waals surface area contributed by atoms with E-state index in [1.807, 2.05) is 16.5 Å². The number of imidazole rings is 1. The smallest absolute Gasteiger partial charge is 0.139 e. The summed E-state index contributed by atoms with van der Waals surface area (Å²) in [4.78, 5) is 7.05. The highest BCUT2D eigenvalue weighted by molar-refractivity contribution is 6.42. The third-order valence-electron chi connectivity index (χ3n) is 4.46. The summed E-state index contributed by atoms with van der Waals surface area (Å²) < 4.78 is 15.6. The minimum atomic E-state index is -0.285. The molecule has 130 valence electrons. The second-order valence-corrected chi connectivity index (χ2v) is 6.95. The minimum absolute atomic E-state index is 0.285. The molecule has 1 saturated heterocycles. The van der Waals surface area contributed by atoms with E-state index >= 15 is 0 Å². The molecule has 3 aromatic rings. The van der Waals surface area contributed by atoms with Crippen molar-refractivity contribution in [1.82, 2.24) is 19.6 Å². The van der Waals surface area contributed by atoms with Gasteiger partial charge in [0.1, 0.15) is 11.5 Å². The number of rotatable bonds is 3. The molecule has 0 saturated carbocycles. The Kier molecular flexibility index (Phi) is 4.65. The Bertz CT molecular complexity index is 919. The molecule has 1 aliphatic rings. The van der Waals surface area contributed by atoms with E-state index in [1.54, 1.807) is 12.1 Å². The lowest BCUT2D eigenvalue weighted by atomic mass is 10.1. The van der Waals surface area contributed by atoms with Gasteiger partial charge in [0.25, 0.3) is 0 Å². The van der Waals surface area contributed by atoms with Crippen LogP contribution in [0.3, 0.4) is 0 Å². The van der Waals surface area contributed by atoms with Crippen LogP contribution < -0.4 is 5.32 Å². The lowest BCUT2D eigenvalue weighted by Crippen LogP contribution is -2.43. The van der Waals surface area contributed by atoms with Crippen molar-refractivity contribution < 1.29 is 4.39 Å². The Hall–Kier alpha value is -1.66. The van der Waals surface area contributed by atoms with Crippen molar-refractivity contribution in [2.24, 2.45) is 0 Å². The molecule has 0 amide bonds. The number of hydrogen-bond acceptors (Lipinski definition) is 3. The molecular formula is C18H17Cl2FN4. The molecule has 0 radical (unpaired) electrons. The normalized spacial score (nSPS) is 15.8. The van der Waals surface area contributed by atoms with Gasteiger partial charge in [0.15, 0.2) is 0 Å². The van der Waals surface area contributed by atoms with Gasteiger partial charge in [-0.15, -0.1) is 0 Å². The van der Waals surface area contributed by atoms with Gasteiger partial charge in [0.2, 0.25) is 0 Å². The third kappa shape index (κ3) is 3.37. The Labute approximate surface area is 155 Å². The van der Waals surface area contributed by atoms with Crippen molar-refractivity contribution in [3.05, 3.63) is 58.1 Å². The van der Waals surface area contributed by atoms with Gasteiger partial charge >= 0.3 is 0 Å². The summed E-state index contributed by atoms with van der Waals surface area (Å²) >= 11 is 12.2. The fourth-order valence-electron chi connectivity index (χ4n) is 3.17. The van der Waals surface area contributed by atoms with Crippen LogP contribution in [0.2, 0.25) is 10.0 Å². The van der Waals surface area contributed by atoms with Crippen LogP contribution in [-0.2, 0) is 6.54 Å². The van der Waals surface area contributed by atoms with Gasteiger partial charge in [-0.2, -0.15) is 0 Å². The van der Waals surface area contributed by atoms with Gasteiger partial charge in [0, 0.05) is 44.5 Å². The average molecular weight is 379 g/mol. The zero-order valence-corrected chi connectivity index (χ0v) is 15.0. The number of fused-ring (bicyclic) bond motifs is 1. The lowest BCUT2D eigenvalue weighted by Gasteiger charge is -2.27. The highest BCUT2D eigenvalue weighted by Crippen LogP contribution is 2.31. The maximum Gasteiger partial charge on any atom is 0.139 e. The van der Waals surface area contributed by atoms with Crippen molar-refractivity contribution in [2.75, 3.05) is 26.2 Å². The van der Waals surface area contributed by atoms with Crippen LogP contribution in [0.5, 0.6) is 0 Å². The van der Waals surface area contributed by atoms with Crippen molar-refractivity contribution in [1.29, 1.82) is 0 Å². The van der Waals surface area contributed by atoms with Crippen LogP contribution in [0.1, 0.15) is 5.69 Å². The third-order valence-corrected chi connectivity index (χ3v) is 5.20. The summed E-state index contributed by atoms with van der Waals surface area (Å²) in [6.07, 6.45) is 1.49. The minimum Gasteiger partial charge on any atom is -0.314 e. The predicted molar refractivity (Wildman–Crippen MR) is 98.8 cm³/mol. The first-order chi connectivity index (χ1) is 12.1. The van der Waals surface area contributed by atoms with Gasteiger partial charge < -0.3 is 5.32 Å². The molecule has 1 fully saturated rings. The van der Waals surface area contributed by atoms with Crippen molar-refractivity contribution >= 4 is 28.8 Å². The molecule has 3 heterocycles. The topological polar surface area (TPSA) is 32.6 Å². The fourth-order valence-corrected chi connectivity index (χ4v) is 3.47. The van der Waals surface area contributed by atoms with Crippen molar-refractivity contribution in [2.45, 2.75) is 6.54 Å². The standard InChI is InChI=1S/C18H17Cl2FN4/c19-14-3-1-12(9-15(14)20)18-16(11-24-7-5-22-6-8-24)25-10-13(21)2-4-17(25)23-18/h1-4,9-10,22H,5-8,11H2. The first-order valence-electron chi connectivity index (χ1n) is 8.17. The van der Waals surface area contributed by atoms with E-state index in [9.17, 15) is 4.39 Å². The number of benzene rings is 1. The number of pyridine rings is 1. The van der Waals surface area contributed by atoms with E-state index in [2.05, 4.69) is 10.2 Å². The fraction of sp³-hybridized carbons (Fsp3) is 0.278. The van der Waals surface area contributed by atoms with Crippen molar-refractivity contribution in [3.63, 3.8) is 0 Å². The second kappa shape index (κ2) is 6.92. The molecule has 2 aromatic heterocycles. The zero-order valence-electron chi connectivity index (χ0n) is 13.5. The van der Waals surface area contributed by atoms with E-state index in [-0.39, 0.29) is 5.82 Å². The van der Waals surface area contributed by atoms with Gasteiger partial charge in [-0.1, -0.05) is 29.3 Å². The molecule has 0 bridgehead atoms. The maximum absolute atomic E-state index is 13.8. The average Bonchev–Trinajstić information content (AvgIpc) is 2.96. The first kappa shape index (κ1) is 16.8. The highest BCUT2D eigenvalue weighted by atomic mass is 35.5. The van der Waals surface area contributed by atoms with Crippen LogP contribution >= 0.6 is 23.2 Å². The number of hydrogen-bond donors (Lipinski definition) is 1. The molecule has 0 unspecified atom stereocenters.